The van der Waals surface area contributed by atoms with Gasteiger partial charge in [-0.1, -0.05) is 13.8 Å². The van der Waals surface area contributed by atoms with E-state index in [2.05, 4.69) is 29.1 Å². The first kappa shape index (κ1) is 16.0. The van der Waals surface area contributed by atoms with Crippen LogP contribution in [0, 0.1) is 5.92 Å². The van der Waals surface area contributed by atoms with E-state index in [1.54, 1.807) is 24.2 Å². The second-order valence-corrected chi connectivity index (χ2v) is 5.91. The van der Waals surface area contributed by atoms with Crippen molar-refractivity contribution in [3.63, 3.8) is 0 Å². The summed E-state index contributed by atoms with van der Waals surface area (Å²) in [5.74, 6) is 1.64. The summed E-state index contributed by atoms with van der Waals surface area (Å²) in [6.07, 6.45) is 5.25. The molecule has 0 bridgehead atoms. The minimum absolute atomic E-state index is 0.106. The number of aliphatic hydroxyl groups excluding tert-OH is 1. The molecule has 0 aliphatic carbocycles. The summed E-state index contributed by atoms with van der Waals surface area (Å²) < 4.78 is 5.53. The van der Waals surface area contributed by atoms with Gasteiger partial charge in [0.25, 0.3) is 0 Å². The van der Waals surface area contributed by atoms with Crippen LogP contribution in [0.5, 0.6) is 5.88 Å². The molecule has 0 fully saturated rings. The van der Waals surface area contributed by atoms with E-state index >= 15 is 0 Å². The van der Waals surface area contributed by atoms with Gasteiger partial charge in [-0.05, 0) is 19.1 Å². The molecular weight excluding hydrogens is 262 g/mol. The van der Waals surface area contributed by atoms with Crippen LogP contribution in [0.15, 0.2) is 12.4 Å². The lowest BCUT2D eigenvalue weighted by atomic mass is 10.2. The lowest BCUT2D eigenvalue weighted by Crippen LogP contribution is -2.31. The van der Waals surface area contributed by atoms with Crippen LogP contribution in [0.2, 0.25) is 0 Å². The number of hydrogen-bond donors (Lipinski definition) is 2. The second kappa shape index (κ2) is 8.22. The van der Waals surface area contributed by atoms with Gasteiger partial charge < -0.3 is 15.2 Å². The summed E-state index contributed by atoms with van der Waals surface area (Å²) in [7, 11) is 0. The Morgan fingerprint density at radius 2 is 2.11 bits per heavy atom. The highest BCUT2D eigenvalue weighted by molar-refractivity contribution is 7.99. The molecule has 2 atom stereocenters. The number of aromatic nitrogens is 2. The summed E-state index contributed by atoms with van der Waals surface area (Å²) in [6, 6.07) is 0.106. The molecule has 0 aliphatic heterocycles. The molecule has 5 nitrogen and oxygen atoms in total. The van der Waals surface area contributed by atoms with E-state index < -0.39 is 0 Å². The molecule has 0 aromatic carbocycles. The quantitative estimate of drug-likeness (QED) is 0.762. The summed E-state index contributed by atoms with van der Waals surface area (Å²) >= 11 is 1.62. The first-order chi connectivity index (χ1) is 9.06. The molecule has 6 heteroatoms. The maximum Gasteiger partial charge on any atom is 0.234 e. The van der Waals surface area contributed by atoms with Crippen LogP contribution in [-0.2, 0) is 0 Å². The minimum Gasteiger partial charge on any atom is -0.476 e. The number of anilines is 1. The van der Waals surface area contributed by atoms with Crippen LogP contribution in [0.1, 0.15) is 20.8 Å². The zero-order chi connectivity index (χ0) is 14.3. The van der Waals surface area contributed by atoms with Crippen molar-refractivity contribution in [2.24, 2.45) is 5.92 Å². The van der Waals surface area contributed by atoms with E-state index in [4.69, 9.17) is 4.74 Å². The molecule has 0 saturated carbocycles. The van der Waals surface area contributed by atoms with E-state index in [9.17, 15) is 5.11 Å². The van der Waals surface area contributed by atoms with E-state index in [-0.39, 0.29) is 17.9 Å². The third-order valence-corrected chi connectivity index (χ3v) is 3.76. The minimum atomic E-state index is 0.106. The maximum absolute atomic E-state index is 9.25. The molecule has 108 valence electrons. The Morgan fingerprint density at radius 3 is 2.68 bits per heavy atom. The fraction of sp³-hybridized carbons (Fsp3) is 0.692. The highest BCUT2D eigenvalue weighted by Crippen LogP contribution is 2.16. The smallest absolute Gasteiger partial charge is 0.234 e. The third-order valence-electron chi connectivity index (χ3n) is 2.59. The highest BCUT2D eigenvalue weighted by Gasteiger charge is 2.15. The Balaban J connectivity index is 2.61. The topological polar surface area (TPSA) is 67.3 Å². The van der Waals surface area contributed by atoms with Gasteiger partial charge in [-0.2, -0.15) is 16.7 Å². The van der Waals surface area contributed by atoms with Gasteiger partial charge in [0.2, 0.25) is 5.88 Å². The zero-order valence-electron chi connectivity index (χ0n) is 12.0. The number of ether oxygens (including phenoxy) is 1. The van der Waals surface area contributed by atoms with E-state index in [1.165, 1.54) is 0 Å². The largest absolute Gasteiger partial charge is 0.476 e. The van der Waals surface area contributed by atoms with Gasteiger partial charge in [-0.25, -0.2) is 0 Å². The number of nitrogens with zero attached hydrogens (tertiary/aromatic N) is 2. The highest BCUT2D eigenvalue weighted by atomic mass is 32.2. The molecule has 0 unspecified atom stereocenters. The van der Waals surface area contributed by atoms with Gasteiger partial charge in [0.1, 0.15) is 5.82 Å². The molecule has 19 heavy (non-hydrogen) atoms. The maximum atomic E-state index is 9.25. The molecule has 1 aromatic heterocycles. The Labute approximate surface area is 119 Å². The van der Waals surface area contributed by atoms with Crippen molar-refractivity contribution in [1.82, 2.24) is 9.97 Å². The molecular formula is C13H23N3O2S. The van der Waals surface area contributed by atoms with Crippen molar-refractivity contribution >= 4 is 17.6 Å². The molecule has 0 spiro atoms. The molecule has 0 radical (unpaired) electrons. The van der Waals surface area contributed by atoms with Crippen LogP contribution in [0.4, 0.5) is 5.82 Å². The van der Waals surface area contributed by atoms with Gasteiger partial charge in [0, 0.05) is 11.3 Å². The van der Waals surface area contributed by atoms with Crippen molar-refractivity contribution in [3.8, 4) is 5.88 Å². The Morgan fingerprint density at radius 1 is 1.37 bits per heavy atom. The van der Waals surface area contributed by atoms with Crippen molar-refractivity contribution in [2.75, 3.05) is 24.8 Å². The van der Waals surface area contributed by atoms with Crippen LogP contribution in [0.3, 0.4) is 0 Å². The first-order valence-corrected chi connectivity index (χ1v) is 7.70. The Kier molecular flexibility index (Phi) is 6.94. The summed E-state index contributed by atoms with van der Waals surface area (Å²) in [6.45, 7) is 6.94. The predicted molar refractivity (Wildman–Crippen MR) is 79.8 cm³/mol. The van der Waals surface area contributed by atoms with E-state index in [0.717, 1.165) is 0 Å². The van der Waals surface area contributed by atoms with Crippen molar-refractivity contribution < 1.29 is 9.84 Å². The van der Waals surface area contributed by atoms with Gasteiger partial charge in [0.05, 0.1) is 25.6 Å². The van der Waals surface area contributed by atoms with Crippen LogP contribution >= 0.6 is 11.8 Å². The summed E-state index contributed by atoms with van der Waals surface area (Å²) in [5, 5.41) is 12.6. The predicted octanol–water partition coefficient (Wildman–Crippen LogP) is 2.04. The van der Waals surface area contributed by atoms with Crippen molar-refractivity contribution in [2.45, 2.75) is 32.1 Å². The number of hydrogen-bond acceptors (Lipinski definition) is 6. The number of aliphatic hydroxyl groups is 1. The molecule has 0 aliphatic rings. The second-order valence-electron chi connectivity index (χ2n) is 4.84. The number of rotatable bonds is 8. The van der Waals surface area contributed by atoms with Crippen molar-refractivity contribution in [3.05, 3.63) is 12.4 Å². The average molecular weight is 285 g/mol. The lowest BCUT2D eigenvalue weighted by molar-refractivity contribution is 0.260. The lowest BCUT2D eigenvalue weighted by Gasteiger charge is -2.21. The Hall–Kier alpha value is -1.01. The normalized spacial score (nSPS) is 14.2. The Bertz CT molecular complexity index is 373. The first-order valence-electron chi connectivity index (χ1n) is 6.41. The van der Waals surface area contributed by atoms with Gasteiger partial charge in [0.15, 0.2) is 0 Å². The van der Waals surface area contributed by atoms with Crippen LogP contribution in [-0.4, -0.2) is 45.8 Å². The third kappa shape index (κ3) is 5.65. The standard InChI is InChI=1S/C13H23N3O2S/c1-9(2)8-18-13-6-14-5-12(16-13)15-10(3)11(7-17)19-4/h5-6,9-11,17H,7-8H2,1-4H3,(H,15,16)/t10-,11-/m1/s1. The fourth-order valence-electron chi connectivity index (χ4n) is 1.50. The summed E-state index contributed by atoms with van der Waals surface area (Å²) in [4.78, 5) is 8.46. The molecule has 1 heterocycles. The van der Waals surface area contributed by atoms with Gasteiger partial charge >= 0.3 is 0 Å². The van der Waals surface area contributed by atoms with Crippen LogP contribution < -0.4 is 10.1 Å². The fourth-order valence-corrected chi connectivity index (χ4v) is 2.13. The van der Waals surface area contributed by atoms with Crippen molar-refractivity contribution in [1.29, 1.82) is 0 Å². The zero-order valence-corrected chi connectivity index (χ0v) is 12.8. The van der Waals surface area contributed by atoms with Crippen LogP contribution in [0.25, 0.3) is 0 Å². The molecule has 1 rings (SSSR count). The SMILES string of the molecule is CS[C@H](CO)[C@@H](C)Nc1cncc(OCC(C)C)n1. The number of nitrogens with one attached hydrogen (secondary N) is 1. The molecule has 2 N–H and O–H groups in total. The van der Waals surface area contributed by atoms with E-state index in [0.29, 0.717) is 24.2 Å². The van der Waals surface area contributed by atoms with E-state index in [1.807, 2.05) is 13.2 Å². The van der Waals surface area contributed by atoms with Gasteiger partial charge in [-0.15, -0.1) is 0 Å². The molecule has 0 amide bonds. The number of thioether (sulfide) groups is 1. The average Bonchev–Trinajstić information content (AvgIpc) is 2.38. The van der Waals surface area contributed by atoms with Gasteiger partial charge in [-0.3, -0.25) is 4.98 Å². The summed E-state index contributed by atoms with van der Waals surface area (Å²) in [5.41, 5.74) is 0. The monoisotopic (exact) mass is 285 g/mol. The molecule has 0 saturated heterocycles. The molecule has 1 aromatic rings.